The lowest BCUT2D eigenvalue weighted by Crippen LogP contribution is -2.64. The molecule has 2 aliphatic heterocycles. The molecule has 10 heteroatoms. The van der Waals surface area contributed by atoms with E-state index in [1.54, 1.807) is 6.07 Å². The molecule has 29 heavy (non-hydrogen) atoms. The minimum absolute atomic E-state index is 0.0920. The van der Waals surface area contributed by atoms with E-state index in [0.717, 1.165) is 5.69 Å². The van der Waals surface area contributed by atoms with E-state index in [0.29, 0.717) is 10.0 Å². The molecule has 6 nitrogen and oxygen atoms in total. The molecular weight excluding hydrogens is 431 g/mol. The number of carbonyl (C=O) groups is 2. The first-order valence-electron chi connectivity index (χ1n) is 8.79. The number of carbonyl (C=O) groups excluding carboxylic acids is 2. The van der Waals surface area contributed by atoms with Crippen molar-refractivity contribution in [2.75, 3.05) is 16.0 Å². The fraction of sp³-hybridized carbons (Fsp3) is 0.211. The Morgan fingerprint density at radius 2 is 2.03 bits per heavy atom. The van der Waals surface area contributed by atoms with Crippen LogP contribution in [0, 0.1) is 5.82 Å². The molecule has 0 aliphatic carbocycles. The molecule has 2 heterocycles. The number of thioether (sulfide) groups is 2. The fourth-order valence-electron chi connectivity index (χ4n) is 3.11. The number of amides is 2. The number of anilines is 2. The Kier molecular flexibility index (Phi) is 6.04. The number of rotatable bonds is 5. The summed E-state index contributed by atoms with van der Waals surface area (Å²) in [5, 5.41) is 8.52. The van der Waals surface area contributed by atoms with Crippen molar-refractivity contribution in [2.24, 2.45) is 0 Å². The first-order chi connectivity index (χ1) is 14.0. The standard InChI is InChI=1S/C19H17FN4O2S3/c20-11-5-4-6-12(9-11)21-14(25)10-28-18-22-16-15(17(26)23-18)29-19(27)24(16)13-7-2-1-3-8-13/h1-9,15-16,18,22H,10H2,(H,21,25)(H,23,26). The summed E-state index contributed by atoms with van der Waals surface area (Å²) < 4.78 is 13.9. The van der Waals surface area contributed by atoms with Crippen molar-refractivity contribution in [2.45, 2.75) is 16.9 Å². The summed E-state index contributed by atoms with van der Waals surface area (Å²) >= 11 is 8.09. The number of hydrogen-bond acceptors (Lipinski definition) is 6. The third-order valence-corrected chi connectivity index (χ3v) is 6.99. The van der Waals surface area contributed by atoms with Gasteiger partial charge >= 0.3 is 0 Å². The minimum Gasteiger partial charge on any atom is -0.331 e. The highest BCUT2D eigenvalue weighted by Crippen LogP contribution is 2.37. The van der Waals surface area contributed by atoms with Crippen LogP contribution >= 0.6 is 35.7 Å². The van der Waals surface area contributed by atoms with Gasteiger partial charge < -0.3 is 15.5 Å². The van der Waals surface area contributed by atoms with Crippen molar-refractivity contribution in [1.82, 2.24) is 10.6 Å². The first-order valence-corrected chi connectivity index (χ1v) is 11.1. The number of halogens is 1. The molecule has 2 amide bonds. The van der Waals surface area contributed by atoms with E-state index in [4.69, 9.17) is 12.2 Å². The van der Waals surface area contributed by atoms with Gasteiger partial charge in [0, 0.05) is 11.4 Å². The lowest BCUT2D eigenvalue weighted by atomic mass is 10.2. The molecule has 2 saturated heterocycles. The number of nitrogens with zero attached hydrogens (tertiary/aromatic N) is 1. The van der Waals surface area contributed by atoms with E-state index in [9.17, 15) is 14.0 Å². The van der Waals surface area contributed by atoms with Gasteiger partial charge in [-0.25, -0.2) is 4.39 Å². The molecule has 3 atom stereocenters. The summed E-state index contributed by atoms with van der Waals surface area (Å²) in [7, 11) is 0. The van der Waals surface area contributed by atoms with E-state index >= 15 is 0 Å². The molecule has 150 valence electrons. The number of thiocarbonyl (C=S) groups is 1. The van der Waals surface area contributed by atoms with Crippen LogP contribution in [0.1, 0.15) is 0 Å². The van der Waals surface area contributed by atoms with E-state index in [-0.39, 0.29) is 29.0 Å². The van der Waals surface area contributed by atoms with Crippen LogP contribution in [0.15, 0.2) is 54.6 Å². The monoisotopic (exact) mass is 448 g/mol. The Morgan fingerprint density at radius 3 is 2.79 bits per heavy atom. The Morgan fingerprint density at radius 1 is 1.24 bits per heavy atom. The van der Waals surface area contributed by atoms with E-state index in [1.165, 1.54) is 41.7 Å². The fourth-order valence-corrected chi connectivity index (χ4v) is 5.52. The minimum atomic E-state index is -0.449. The van der Waals surface area contributed by atoms with Crippen molar-refractivity contribution in [3.8, 4) is 0 Å². The third-order valence-electron chi connectivity index (χ3n) is 4.37. The second kappa shape index (κ2) is 8.70. The lowest BCUT2D eigenvalue weighted by molar-refractivity contribution is -0.122. The SMILES string of the molecule is O=C(CSC1NC(=O)C2SC(=S)N(c3ccccc3)C2N1)Nc1cccc(F)c1. The summed E-state index contributed by atoms with van der Waals surface area (Å²) in [5.41, 5.74) is 0.853. The van der Waals surface area contributed by atoms with Gasteiger partial charge in [-0.05, 0) is 30.3 Å². The Bertz CT molecular complexity index is 946. The first kappa shape index (κ1) is 20.1. The highest BCUT2D eigenvalue weighted by Gasteiger charge is 2.47. The van der Waals surface area contributed by atoms with Crippen LogP contribution < -0.4 is 20.9 Å². The second-order valence-electron chi connectivity index (χ2n) is 6.38. The molecule has 0 aromatic heterocycles. The van der Waals surface area contributed by atoms with Crippen LogP contribution in [0.5, 0.6) is 0 Å². The van der Waals surface area contributed by atoms with Crippen LogP contribution in [0.3, 0.4) is 0 Å². The number of benzene rings is 2. The van der Waals surface area contributed by atoms with Crippen LogP contribution in [0.25, 0.3) is 0 Å². The quantitative estimate of drug-likeness (QED) is 0.608. The van der Waals surface area contributed by atoms with Gasteiger partial charge in [0.15, 0.2) is 0 Å². The van der Waals surface area contributed by atoms with Crippen molar-refractivity contribution >= 4 is 63.3 Å². The van der Waals surface area contributed by atoms with Crippen LogP contribution in [0.2, 0.25) is 0 Å². The predicted octanol–water partition coefficient (Wildman–Crippen LogP) is 2.73. The summed E-state index contributed by atoms with van der Waals surface area (Å²) in [4.78, 5) is 26.7. The number of nitrogens with one attached hydrogen (secondary N) is 3. The molecule has 0 radical (unpaired) electrons. The van der Waals surface area contributed by atoms with E-state index in [1.807, 2.05) is 35.2 Å². The molecule has 4 rings (SSSR count). The van der Waals surface area contributed by atoms with Gasteiger partial charge in [0.2, 0.25) is 11.8 Å². The predicted molar refractivity (Wildman–Crippen MR) is 119 cm³/mol. The Labute approximate surface area is 181 Å². The van der Waals surface area contributed by atoms with E-state index in [2.05, 4.69) is 16.0 Å². The largest absolute Gasteiger partial charge is 0.331 e. The summed E-state index contributed by atoms with van der Waals surface area (Å²) in [5.74, 6) is -0.731. The molecule has 2 fully saturated rings. The molecule has 0 spiro atoms. The van der Waals surface area contributed by atoms with Gasteiger partial charge in [0.25, 0.3) is 0 Å². The molecule has 3 unspecified atom stereocenters. The van der Waals surface area contributed by atoms with Crippen LogP contribution in [0.4, 0.5) is 15.8 Å². The normalized spacial score (nSPS) is 23.5. The maximum Gasteiger partial charge on any atom is 0.238 e. The maximum atomic E-state index is 13.2. The third kappa shape index (κ3) is 4.55. The average molecular weight is 449 g/mol. The van der Waals surface area contributed by atoms with Crippen molar-refractivity contribution in [3.63, 3.8) is 0 Å². The Hall–Kier alpha value is -2.14. The van der Waals surface area contributed by atoms with Crippen molar-refractivity contribution in [1.29, 1.82) is 0 Å². The Balaban J connectivity index is 1.39. The van der Waals surface area contributed by atoms with E-state index < -0.39 is 11.3 Å². The topological polar surface area (TPSA) is 73.5 Å². The van der Waals surface area contributed by atoms with Gasteiger partial charge in [-0.2, -0.15) is 0 Å². The van der Waals surface area contributed by atoms with Crippen LogP contribution in [-0.2, 0) is 9.59 Å². The molecule has 2 aromatic carbocycles. The highest BCUT2D eigenvalue weighted by molar-refractivity contribution is 8.24. The zero-order chi connectivity index (χ0) is 20.4. The lowest BCUT2D eigenvalue weighted by Gasteiger charge is -2.36. The van der Waals surface area contributed by atoms with Gasteiger partial charge in [0.05, 0.1) is 5.75 Å². The van der Waals surface area contributed by atoms with Gasteiger partial charge in [-0.1, -0.05) is 48.2 Å². The second-order valence-corrected chi connectivity index (χ2v) is 9.25. The zero-order valence-electron chi connectivity index (χ0n) is 15.0. The number of hydrogen-bond donors (Lipinski definition) is 3. The molecular formula is C19H17FN4O2S3. The molecule has 2 aliphatic rings. The summed E-state index contributed by atoms with van der Waals surface area (Å²) in [6, 6.07) is 15.3. The summed E-state index contributed by atoms with van der Waals surface area (Å²) in [6.07, 6.45) is -0.299. The van der Waals surface area contributed by atoms with Crippen molar-refractivity contribution in [3.05, 3.63) is 60.4 Å². The highest BCUT2D eigenvalue weighted by atomic mass is 32.2. The molecule has 0 saturated carbocycles. The average Bonchev–Trinajstić information content (AvgIpc) is 3.03. The van der Waals surface area contributed by atoms with Gasteiger partial charge in [-0.15, -0.1) is 11.8 Å². The zero-order valence-corrected chi connectivity index (χ0v) is 17.5. The van der Waals surface area contributed by atoms with Crippen molar-refractivity contribution < 1.29 is 14.0 Å². The number of para-hydroxylation sites is 1. The van der Waals surface area contributed by atoms with Crippen LogP contribution in [-0.4, -0.2) is 38.8 Å². The summed E-state index contributed by atoms with van der Waals surface area (Å²) in [6.45, 7) is 0. The molecule has 2 aromatic rings. The maximum absolute atomic E-state index is 13.2. The number of fused-ring (bicyclic) bond motifs is 1. The smallest absolute Gasteiger partial charge is 0.238 e. The van der Waals surface area contributed by atoms with Gasteiger partial charge in [0.1, 0.15) is 27.1 Å². The van der Waals surface area contributed by atoms with Gasteiger partial charge in [-0.3, -0.25) is 14.9 Å². The molecule has 3 N–H and O–H groups in total. The molecule has 0 bridgehead atoms.